The van der Waals surface area contributed by atoms with Gasteiger partial charge in [0.15, 0.2) is 0 Å². The van der Waals surface area contributed by atoms with Crippen molar-refractivity contribution in [3.63, 3.8) is 0 Å². The Kier molecular flexibility index (Phi) is 5.45. The van der Waals surface area contributed by atoms with Gasteiger partial charge in [0.2, 0.25) is 6.10 Å². The molecule has 0 aromatic heterocycles. The van der Waals surface area contributed by atoms with Crippen LogP contribution in [0.4, 0.5) is 10.5 Å². The third kappa shape index (κ3) is 4.29. The van der Waals surface area contributed by atoms with Gasteiger partial charge in [-0.1, -0.05) is 36.4 Å². The number of benzene rings is 2. The minimum Gasteiger partial charge on any atom is -0.476 e. The quantitative estimate of drug-likeness (QED) is 0.645. The maximum Gasteiger partial charge on any atom is 0.321 e. The van der Waals surface area contributed by atoms with E-state index in [0.29, 0.717) is 5.56 Å². The molecule has 2 aromatic rings. The number of non-ortho nitro benzene ring substituents is 1. The summed E-state index contributed by atoms with van der Waals surface area (Å²) in [6, 6.07) is 13.3. The number of nitro benzene ring substituents is 1. The highest BCUT2D eigenvalue weighted by atomic mass is 16.6. The molecule has 0 fully saturated rings. The number of hydrogen-bond donors (Lipinski definition) is 2. The summed E-state index contributed by atoms with van der Waals surface area (Å²) >= 11 is 0. The molecule has 2 rings (SSSR count). The zero-order valence-corrected chi connectivity index (χ0v) is 12.8. The van der Waals surface area contributed by atoms with Crippen LogP contribution in [0.2, 0.25) is 0 Å². The number of urea groups is 1. The monoisotopic (exact) mass is 329 g/mol. The van der Waals surface area contributed by atoms with Crippen LogP contribution in [0.15, 0.2) is 54.6 Å². The lowest BCUT2D eigenvalue weighted by Gasteiger charge is -2.18. The average molecular weight is 329 g/mol. The van der Waals surface area contributed by atoms with Crippen LogP contribution in [-0.4, -0.2) is 23.9 Å². The molecule has 0 heterocycles. The predicted molar refractivity (Wildman–Crippen MR) is 85.5 cm³/mol. The van der Waals surface area contributed by atoms with E-state index in [2.05, 4.69) is 10.6 Å². The fourth-order valence-electron chi connectivity index (χ4n) is 1.95. The molecule has 0 aliphatic carbocycles. The van der Waals surface area contributed by atoms with Gasteiger partial charge in [-0.15, -0.1) is 0 Å². The molecule has 124 valence electrons. The number of nitrogens with zero attached hydrogens (tertiary/aromatic N) is 1. The Bertz CT molecular complexity index is 748. The molecule has 1 atom stereocenters. The fourth-order valence-corrected chi connectivity index (χ4v) is 1.95. The number of hydrogen-bond acceptors (Lipinski definition) is 5. The smallest absolute Gasteiger partial charge is 0.321 e. The second-order valence-corrected chi connectivity index (χ2v) is 4.73. The Morgan fingerprint density at radius 3 is 2.46 bits per heavy atom. The van der Waals surface area contributed by atoms with E-state index in [4.69, 9.17) is 4.74 Å². The number of nitrogens with one attached hydrogen (secondary N) is 2. The molecule has 24 heavy (non-hydrogen) atoms. The maximum absolute atomic E-state index is 12.3. The highest BCUT2D eigenvalue weighted by Gasteiger charge is 2.24. The van der Waals surface area contributed by atoms with Gasteiger partial charge >= 0.3 is 6.03 Å². The summed E-state index contributed by atoms with van der Waals surface area (Å²) in [6.07, 6.45) is -1.13. The second kappa shape index (κ2) is 7.73. The van der Waals surface area contributed by atoms with Crippen molar-refractivity contribution < 1.29 is 19.2 Å². The van der Waals surface area contributed by atoms with Crippen molar-refractivity contribution >= 4 is 17.6 Å². The molecule has 3 amide bonds. The van der Waals surface area contributed by atoms with E-state index in [1.165, 1.54) is 31.3 Å². The van der Waals surface area contributed by atoms with Gasteiger partial charge in [0.1, 0.15) is 5.75 Å². The number of rotatable bonds is 5. The summed E-state index contributed by atoms with van der Waals surface area (Å²) in [7, 11) is 1.38. The van der Waals surface area contributed by atoms with Crippen LogP contribution in [0.25, 0.3) is 0 Å². The van der Waals surface area contributed by atoms with Gasteiger partial charge in [-0.3, -0.25) is 20.2 Å². The maximum atomic E-state index is 12.3. The van der Waals surface area contributed by atoms with Crippen molar-refractivity contribution in [1.82, 2.24) is 10.6 Å². The molecule has 0 aliphatic rings. The molecule has 0 spiro atoms. The number of nitro groups is 1. The highest BCUT2D eigenvalue weighted by Crippen LogP contribution is 2.25. The first-order chi connectivity index (χ1) is 11.5. The summed E-state index contributed by atoms with van der Waals surface area (Å²) in [4.78, 5) is 34.0. The van der Waals surface area contributed by atoms with Crippen LogP contribution in [0.1, 0.15) is 11.7 Å². The van der Waals surface area contributed by atoms with Crippen molar-refractivity contribution in [1.29, 1.82) is 0 Å². The number of carbonyl (C=O) groups is 2. The zero-order chi connectivity index (χ0) is 17.5. The second-order valence-electron chi connectivity index (χ2n) is 4.73. The third-order valence-corrected chi connectivity index (χ3v) is 3.09. The number of carbonyl (C=O) groups excluding carboxylic acids is 2. The first kappa shape index (κ1) is 16.9. The molecular weight excluding hydrogens is 314 g/mol. The first-order valence-electron chi connectivity index (χ1n) is 7.00. The van der Waals surface area contributed by atoms with Crippen LogP contribution in [0, 0.1) is 10.1 Å². The van der Waals surface area contributed by atoms with Gasteiger partial charge in [0, 0.05) is 18.7 Å². The van der Waals surface area contributed by atoms with Crippen LogP contribution in [0.5, 0.6) is 5.75 Å². The van der Waals surface area contributed by atoms with Crippen LogP contribution >= 0.6 is 0 Å². The summed E-state index contributed by atoms with van der Waals surface area (Å²) in [5.74, 6) is -0.544. The molecule has 0 saturated carbocycles. The number of imide groups is 1. The van der Waals surface area contributed by atoms with E-state index in [1.54, 1.807) is 30.3 Å². The van der Waals surface area contributed by atoms with Crippen molar-refractivity contribution in [2.45, 2.75) is 6.10 Å². The lowest BCUT2D eigenvalue weighted by atomic mass is 10.1. The van der Waals surface area contributed by atoms with E-state index >= 15 is 0 Å². The molecule has 0 saturated heterocycles. The standard InChI is InChI=1S/C16H15N3O5/c1-17-16(21)18-15(20)14(11-6-3-2-4-7-11)24-13-9-5-8-12(10-13)19(22)23/h2-10,14H,1H3,(H2,17,18,20,21)/t14-/m0/s1. The van der Waals surface area contributed by atoms with E-state index in [1.807, 2.05) is 0 Å². The van der Waals surface area contributed by atoms with Crippen LogP contribution in [-0.2, 0) is 4.79 Å². The molecule has 8 heteroatoms. The van der Waals surface area contributed by atoms with E-state index in [9.17, 15) is 19.7 Å². The number of amides is 3. The Labute approximate surface area is 137 Å². The molecule has 2 aromatic carbocycles. The summed E-state index contributed by atoms with van der Waals surface area (Å²) in [5, 5.41) is 15.3. The summed E-state index contributed by atoms with van der Waals surface area (Å²) in [5.41, 5.74) is 0.344. The Hall–Kier alpha value is -3.42. The lowest BCUT2D eigenvalue weighted by molar-refractivity contribution is -0.384. The number of ether oxygens (including phenoxy) is 1. The molecule has 8 nitrogen and oxygen atoms in total. The Balaban J connectivity index is 2.29. The van der Waals surface area contributed by atoms with E-state index < -0.39 is 23.0 Å². The lowest BCUT2D eigenvalue weighted by Crippen LogP contribution is -2.41. The van der Waals surface area contributed by atoms with Gasteiger partial charge in [-0.2, -0.15) is 0 Å². The fraction of sp³-hybridized carbons (Fsp3) is 0.125. The van der Waals surface area contributed by atoms with Gasteiger partial charge < -0.3 is 10.1 Å². The zero-order valence-electron chi connectivity index (χ0n) is 12.8. The first-order valence-corrected chi connectivity index (χ1v) is 7.00. The normalized spacial score (nSPS) is 11.2. The van der Waals surface area contributed by atoms with Crippen molar-refractivity contribution in [3.05, 3.63) is 70.3 Å². The van der Waals surface area contributed by atoms with Crippen molar-refractivity contribution in [2.24, 2.45) is 0 Å². The minimum atomic E-state index is -1.13. The van der Waals surface area contributed by atoms with Crippen molar-refractivity contribution in [3.8, 4) is 5.75 Å². The summed E-state index contributed by atoms with van der Waals surface area (Å²) < 4.78 is 5.60. The molecule has 0 unspecified atom stereocenters. The molecule has 0 radical (unpaired) electrons. The SMILES string of the molecule is CNC(=O)NC(=O)[C@@H](Oc1cccc([N+](=O)[O-])c1)c1ccccc1. The van der Waals surface area contributed by atoms with Crippen LogP contribution in [0.3, 0.4) is 0 Å². The molecular formula is C16H15N3O5. The molecule has 2 N–H and O–H groups in total. The highest BCUT2D eigenvalue weighted by molar-refractivity contribution is 5.97. The topological polar surface area (TPSA) is 111 Å². The van der Waals surface area contributed by atoms with Gasteiger partial charge in [0.25, 0.3) is 11.6 Å². The van der Waals surface area contributed by atoms with E-state index in [0.717, 1.165) is 0 Å². The Morgan fingerprint density at radius 2 is 1.83 bits per heavy atom. The van der Waals surface area contributed by atoms with Crippen LogP contribution < -0.4 is 15.4 Å². The largest absolute Gasteiger partial charge is 0.476 e. The van der Waals surface area contributed by atoms with Crippen molar-refractivity contribution in [2.75, 3.05) is 7.05 Å². The summed E-state index contributed by atoms with van der Waals surface area (Å²) in [6.45, 7) is 0. The molecule has 0 bridgehead atoms. The average Bonchev–Trinajstić information content (AvgIpc) is 2.60. The van der Waals surface area contributed by atoms with Gasteiger partial charge in [-0.05, 0) is 6.07 Å². The van der Waals surface area contributed by atoms with E-state index in [-0.39, 0.29) is 11.4 Å². The minimum absolute atomic E-state index is 0.144. The predicted octanol–water partition coefficient (Wildman–Crippen LogP) is 2.17. The van der Waals surface area contributed by atoms with Gasteiger partial charge in [0.05, 0.1) is 11.0 Å². The molecule has 0 aliphatic heterocycles. The third-order valence-electron chi connectivity index (χ3n) is 3.09. The Morgan fingerprint density at radius 1 is 1.12 bits per heavy atom. The van der Waals surface area contributed by atoms with Gasteiger partial charge in [-0.25, -0.2) is 4.79 Å².